The molecule has 0 spiro atoms. The van der Waals surface area contributed by atoms with Gasteiger partial charge < -0.3 is 15.1 Å². The van der Waals surface area contributed by atoms with Gasteiger partial charge in [0, 0.05) is 37.9 Å². The van der Waals surface area contributed by atoms with Crippen molar-refractivity contribution in [3.05, 3.63) is 41.7 Å². The molecule has 2 heterocycles. The van der Waals surface area contributed by atoms with E-state index in [0.29, 0.717) is 5.92 Å². The Labute approximate surface area is 148 Å². The number of benzene rings is 1. The van der Waals surface area contributed by atoms with Gasteiger partial charge in [-0.25, -0.2) is 9.97 Å². The molecule has 1 fully saturated rings. The number of nitrogens with zero attached hydrogens (tertiary/aromatic N) is 4. The summed E-state index contributed by atoms with van der Waals surface area (Å²) < 4.78 is 0. The summed E-state index contributed by atoms with van der Waals surface area (Å²) in [4.78, 5) is 24.0. The monoisotopic (exact) mass is 339 g/mol. The summed E-state index contributed by atoms with van der Waals surface area (Å²) in [5.41, 5.74) is 2.34. The largest absolute Gasteiger partial charge is 0.353 e. The summed E-state index contributed by atoms with van der Waals surface area (Å²) in [7, 11) is 0. The number of anilines is 3. The Kier molecular flexibility index (Phi) is 5.16. The predicted octanol–water partition coefficient (Wildman–Crippen LogP) is 2.93. The van der Waals surface area contributed by atoms with Crippen LogP contribution in [0.3, 0.4) is 0 Å². The first-order chi connectivity index (χ1) is 12.1. The molecule has 1 aromatic heterocycles. The van der Waals surface area contributed by atoms with E-state index in [4.69, 9.17) is 0 Å². The highest BCUT2D eigenvalue weighted by molar-refractivity contribution is 5.63. The second-order valence-corrected chi connectivity index (χ2v) is 6.65. The third-order valence-corrected chi connectivity index (χ3v) is 4.46. The highest BCUT2D eigenvalue weighted by Gasteiger charge is 2.18. The Balaban J connectivity index is 1.82. The van der Waals surface area contributed by atoms with Crippen LogP contribution in [0.1, 0.15) is 31.2 Å². The van der Waals surface area contributed by atoms with Crippen LogP contribution in [-0.4, -0.2) is 47.5 Å². The number of amides is 1. The van der Waals surface area contributed by atoms with Crippen molar-refractivity contribution in [3.8, 4) is 0 Å². The zero-order valence-electron chi connectivity index (χ0n) is 15.1. The first-order valence-electron chi connectivity index (χ1n) is 8.72. The number of carbonyl (C=O) groups excluding carboxylic acids is 1. The van der Waals surface area contributed by atoms with Crippen LogP contribution in [0.4, 0.5) is 17.3 Å². The minimum Gasteiger partial charge on any atom is -0.353 e. The molecule has 132 valence electrons. The standard InChI is InChI=1S/C19H25N5O/c1-14(2)16-6-4-5-7-17(16)22-18-12-19(21-15(3)20-18)24-10-8-23(13-25)9-11-24/h4-7,12-14H,8-11H2,1-3H3,(H,20,21,22). The molecular formula is C19H25N5O. The molecular weight excluding hydrogens is 314 g/mol. The van der Waals surface area contributed by atoms with Gasteiger partial charge >= 0.3 is 0 Å². The molecule has 0 bridgehead atoms. The Hall–Kier alpha value is -2.63. The molecule has 3 rings (SSSR count). The van der Waals surface area contributed by atoms with E-state index < -0.39 is 0 Å². The van der Waals surface area contributed by atoms with Crippen molar-refractivity contribution in [2.45, 2.75) is 26.7 Å². The van der Waals surface area contributed by atoms with Crippen LogP contribution in [0, 0.1) is 6.92 Å². The SMILES string of the molecule is Cc1nc(Nc2ccccc2C(C)C)cc(N2CCN(C=O)CC2)n1. The summed E-state index contributed by atoms with van der Waals surface area (Å²) in [6.07, 6.45) is 0.915. The number of piperazine rings is 1. The van der Waals surface area contributed by atoms with Crippen LogP contribution in [0.5, 0.6) is 0 Å². The number of para-hydroxylation sites is 1. The molecule has 1 saturated heterocycles. The van der Waals surface area contributed by atoms with Gasteiger partial charge in [-0.2, -0.15) is 0 Å². The number of carbonyl (C=O) groups is 1. The highest BCUT2D eigenvalue weighted by atomic mass is 16.1. The van der Waals surface area contributed by atoms with Gasteiger partial charge in [0.1, 0.15) is 17.5 Å². The van der Waals surface area contributed by atoms with E-state index in [-0.39, 0.29) is 0 Å². The molecule has 6 nitrogen and oxygen atoms in total. The van der Waals surface area contributed by atoms with Crippen molar-refractivity contribution in [1.29, 1.82) is 0 Å². The summed E-state index contributed by atoms with van der Waals surface area (Å²) in [6.45, 7) is 9.31. The van der Waals surface area contributed by atoms with Crippen LogP contribution < -0.4 is 10.2 Å². The van der Waals surface area contributed by atoms with Crippen LogP contribution in [0.2, 0.25) is 0 Å². The van der Waals surface area contributed by atoms with E-state index in [1.807, 2.05) is 19.1 Å². The third kappa shape index (κ3) is 4.07. The number of hydrogen-bond acceptors (Lipinski definition) is 5. The number of hydrogen-bond donors (Lipinski definition) is 1. The average Bonchev–Trinajstić information content (AvgIpc) is 2.61. The number of aromatic nitrogens is 2. The van der Waals surface area contributed by atoms with Crippen molar-refractivity contribution in [3.63, 3.8) is 0 Å². The number of rotatable bonds is 5. The molecule has 6 heteroatoms. The lowest BCUT2D eigenvalue weighted by Gasteiger charge is -2.33. The maximum atomic E-state index is 10.9. The minimum absolute atomic E-state index is 0.433. The highest BCUT2D eigenvalue weighted by Crippen LogP contribution is 2.27. The fourth-order valence-electron chi connectivity index (χ4n) is 3.09. The van der Waals surface area contributed by atoms with E-state index in [1.165, 1.54) is 5.56 Å². The van der Waals surface area contributed by atoms with E-state index in [9.17, 15) is 4.79 Å². The fourth-order valence-corrected chi connectivity index (χ4v) is 3.09. The lowest BCUT2D eigenvalue weighted by atomic mass is 10.0. The molecule has 1 amide bonds. The maximum absolute atomic E-state index is 10.9. The molecule has 0 unspecified atom stereocenters. The van der Waals surface area contributed by atoms with Crippen molar-refractivity contribution < 1.29 is 4.79 Å². The van der Waals surface area contributed by atoms with Gasteiger partial charge in [-0.05, 0) is 24.5 Å². The second kappa shape index (κ2) is 7.51. The van der Waals surface area contributed by atoms with E-state index in [1.54, 1.807) is 4.90 Å². The van der Waals surface area contributed by atoms with Crippen molar-refractivity contribution in [2.24, 2.45) is 0 Å². The Bertz CT molecular complexity index is 738. The first kappa shape index (κ1) is 17.2. The average molecular weight is 339 g/mol. The molecule has 0 radical (unpaired) electrons. The number of aryl methyl sites for hydroxylation is 1. The molecule has 1 aromatic carbocycles. The Morgan fingerprint density at radius 2 is 1.84 bits per heavy atom. The zero-order chi connectivity index (χ0) is 17.8. The molecule has 1 aliphatic rings. The summed E-state index contributed by atoms with van der Waals surface area (Å²) in [6, 6.07) is 10.3. The Morgan fingerprint density at radius 1 is 1.12 bits per heavy atom. The van der Waals surface area contributed by atoms with Gasteiger partial charge in [0.25, 0.3) is 0 Å². The van der Waals surface area contributed by atoms with E-state index >= 15 is 0 Å². The normalized spacial score (nSPS) is 14.7. The number of nitrogens with one attached hydrogen (secondary N) is 1. The predicted molar refractivity (Wildman–Crippen MR) is 100 cm³/mol. The van der Waals surface area contributed by atoms with Crippen molar-refractivity contribution >= 4 is 23.7 Å². The molecule has 0 saturated carbocycles. The molecule has 1 aliphatic heterocycles. The summed E-state index contributed by atoms with van der Waals surface area (Å²) >= 11 is 0. The molecule has 0 aliphatic carbocycles. The van der Waals surface area contributed by atoms with Crippen LogP contribution >= 0.6 is 0 Å². The van der Waals surface area contributed by atoms with Gasteiger partial charge in [0.15, 0.2) is 0 Å². The summed E-state index contributed by atoms with van der Waals surface area (Å²) in [5, 5.41) is 3.45. The Morgan fingerprint density at radius 3 is 2.52 bits per heavy atom. The topological polar surface area (TPSA) is 61.4 Å². The lowest BCUT2D eigenvalue weighted by Crippen LogP contribution is -2.46. The van der Waals surface area contributed by atoms with Crippen molar-refractivity contribution in [1.82, 2.24) is 14.9 Å². The van der Waals surface area contributed by atoms with Crippen LogP contribution in [0.25, 0.3) is 0 Å². The zero-order valence-corrected chi connectivity index (χ0v) is 15.1. The molecule has 0 atom stereocenters. The molecule has 2 aromatic rings. The van der Waals surface area contributed by atoms with E-state index in [0.717, 1.165) is 55.7 Å². The van der Waals surface area contributed by atoms with Crippen LogP contribution in [0.15, 0.2) is 30.3 Å². The fraction of sp³-hybridized carbons (Fsp3) is 0.421. The van der Waals surface area contributed by atoms with Crippen LogP contribution in [-0.2, 0) is 4.79 Å². The molecule has 25 heavy (non-hydrogen) atoms. The first-order valence-corrected chi connectivity index (χ1v) is 8.72. The van der Waals surface area contributed by atoms with Gasteiger partial charge in [0.05, 0.1) is 0 Å². The minimum atomic E-state index is 0.433. The quantitative estimate of drug-likeness (QED) is 0.849. The third-order valence-electron chi connectivity index (χ3n) is 4.46. The van der Waals surface area contributed by atoms with Gasteiger partial charge in [-0.3, -0.25) is 4.79 Å². The summed E-state index contributed by atoms with van der Waals surface area (Å²) in [5.74, 6) is 2.87. The van der Waals surface area contributed by atoms with E-state index in [2.05, 4.69) is 52.2 Å². The smallest absolute Gasteiger partial charge is 0.209 e. The van der Waals surface area contributed by atoms with Gasteiger partial charge in [-0.15, -0.1) is 0 Å². The maximum Gasteiger partial charge on any atom is 0.209 e. The van der Waals surface area contributed by atoms with Gasteiger partial charge in [-0.1, -0.05) is 32.0 Å². The molecule has 1 N–H and O–H groups in total. The van der Waals surface area contributed by atoms with Gasteiger partial charge in [0.2, 0.25) is 6.41 Å². The second-order valence-electron chi connectivity index (χ2n) is 6.65. The lowest BCUT2D eigenvalue weighted by molar-refractivity contribution is -0.118. The van der Waals surface area contributed by atoms with Crippen molar-refractivity contribution in [2.75, 3.05) is 36.4 Å².